The molecule has 0 aliphatic rings. The lowest BCUT2D eigenvalue weighted by Gasteiger charge is -2.26. The quantitative estimate of drug-likeness (QED) is 0.822. The van der Waals surface area contributed by atoms with Gasteiger partial charge in [-0.25, -0.2) is 17.9 Å². The van der Waals surface area contributed by atoms with Crippen LogP contribution < -0.4 is 10.5 Å². The third-order valence-corrected chi connectivity index (χ3v) is 4.93. The number of halogens is 2. The summed E-state index contributed by atoms with van der Waals surface area (Å²) in [7, 11) is -4.13. The van der Waals surface area contributed by atoms with Crippen LogP contribution in [0.15, 0.2) is 21.5 Å². The van der Waals surface area contributed by atoms with Crippen molar-refractivity contribution in [1.82, 2.24) is 5.32 Å². The minimum atomic E-state index is -4.13. The van der Waals surface area contributed by atoms with Crippen LogP contribution in [0.1, 0.15) is 44.0 Å². The van der Waals surface area contributed by atoms with E-state index < -0.39 is 32.2 Å². The first-order valence-electron chi connectivity index (χ1n) is 6.32. The van der Waals surface area contributed by atoms with Gasteiger partial charge < -0.3 is 5.32 Å². The number of primary sulfonamides is 1. The largest absolute Gasteiger partial charge is 0.347 e. The topological polar surface area (TPSA) is 89.3 Å². The van der Waals surface area contributed by atoms with E-state index in [1.807, 2.05) is 20.8 Å². The van der Waals surface area contributed by atoms with Crippen molar-refractivity contribution >= 4 is 31.9 Å². The number of benzene rings is 1. The second-order valence-electron chi connectivity index (χ2n) is 5.40. The SMILES string of the molecule is CCCC(C)(C)NC(=O)c1cc(F)cc(S(N)(=O)=O)c1Br. The molecular formula is C13H18BrFN2O3S. The van der Waals surface area contributed by atoms with Gasteiger partial charge in [0.1, 0.15) is 5.82 Å². The van der Waals surface area contributed by atoms with Gasteiger partial charge in [-0.2, -0.15) is 0 Å². The molecule has 0 radical (unpaired) electrons. The molecule has 1 aromatic carbocycles. The Morgan fingerprint density at radius 2 is 2.00 bits per heavy atom. The zero-order chi connectivity index (χ0) is 16.4. The zero-order valence-electron chi connectivity index (χ0n) is 12.0. The summed E-state index contributed by atoms with van der Waals surface area (Å²) < 4.78 is 36.3. The summed E-state index contributed by atoms with van der Waals surface area (Å²) in [4.78, 5) is 11.8. The Bertz CT molecular complexity index is 660. The summed E-state index contributed by atoms with van der Waals surface area (Å²) in [5, 5.41) is 7.76. The Hall–Kier alpha value is -0.990. The van der Waals surface area contributed by atoms with E-state index in [-0.39, 0.29) is 10.0 Å². The number of nitrogens with two attached hydrogens (primary N) is 1. The molecule has 5 nitrogen and oxygen atoms in total. The van der Waals surface area contributed by atoms with Crippen LogP contribution in [0.2, 0.25) is 0 Å². The molecule has 0 aromatic heterocycles. The van der Waals surface area contributed by atoms with Gasteiger partial charge in [-0.3, -0.25) is 4.79 Å². The van der Waals surface area contributed by atoms with Crippen LogP contribution in [0.5, 0.6) is 0 Å². The van der Waals surface area contributed by atoms with Crippen LogP contribution in [0.3, 0.4) is 0 Å². The van der Waals surface area contributed by atoms with Crippen LogP contribution in [-0.4, -0.2) is 19.9 Å². The number of amides is 1. The Kier molecular flexibility index (Phi) is 5.51. The number of nitrogens with one attached hydrogen (secondary N) is 1. The molecule has 0 saturated carbocycles. The molecule has 0 fully saturated rings. The number of sulfonamides is 1. The molecule has 0 unspecified atom stereocenters. The van der Waals surface area contributed by atoms with E-state index in [9.17, 15) is 17.6 Å². The summed E-state index contributed by atoms with van der Waals surface area (Å²) in [6.45, 7) is 5.65. The highest BCUT2D eigenvalue weighted by Crippen LogP contribution is 2.27. The van der Waals surface area contributed by atoms with Crippen LogP contribution in [0.25, 0.3) is 0 Å². The highest BCUT2D eigenvalue weighted by atomic mass is 79.9. The van der Waals surface area contributed by atoms with Crippen molar-refractivity contribution in [3.63, 3.8) is 0 Å². The maximum atomic E-state index is 13.6. The lowest BCUT2D eigenvalue weighted by Crippen LogP contribution is -2.43. The minimum absolute atomic E-state index is 0.0452. The van der Waals surface area contributed by atoms with E-state index in [0.717, 1.165) is 25.0 Å². The first kappa shape index (κ1) is 18.1. The standard InChI is InChI=1S/C13H18BrFN2O3S/c1-4-5-13(2,3)17-12(18)9-6-8(15)7-10(11(9)14)21(16,19)20/h6-7H,4-5H2,1-3H3,(H,17,18)(H2,16,19,20). The van der Waals surface area contributed by atoms with Crippen LogP contribution in [0, 0.1) is 5.82 Å². The van der Waals surface area contributed by atoms with Crippen molar-refractivity contribution in [3.8, 4) is 0 Å². The number of carbonyl (C=O) groups excluding carboxylic acids is 1. The predicted octanol–water partition coefficient (Wildman–Crippen LogP) is 2.54. The van der Waals surface area contributed by atoms with Crippen LogP contribution in [0.4, 0.5) is 4.39 Å². The molecule has 0 heterocycles. The second kappa shape index (κ2) is 6.41. The highest BCUT2D eigenvalue weighted by Gasteiger charge is 2.25. The van der Waals surface area contributed by atoms with Crippen LogP contribution >= 0.6 is 15.9 Å². The van der Waals surface area contributed by atoms with E-state index in [1.165, 1.54) is 0 Å². The van der Waals surface area contributed by atoms with Gasteiger partial charge >= 0.3 is 0 Å². The second-order valence-corrected chi connectivity index (χ2v) is 7.72. The Labute approximate surface area is 132 Å². The average Bonchev–Trinajstić information content (AvgIpc) is 2.29. The van der Waals surface area contributed by atoms with Gasteiger partial charge in [-0.15, -0.1) is 0 Å². The maximum absolute atomic E-state index is 13.6. The van der Waals surface area contributed by atoms with Gasteiger partial charge in [0.05, 0.1) is 14.9 Å². The molecule has 0 bridgehead atoms. The van der Waals surface area contributed by atoms with Crippen LogP contribution in [-0.2, 0) is 10.0 Å². The van der Waals surface area contributed by atoms with E-state index in [1.54, 1.807) is 0 Å². The maximum Gasteiger partial charge on any atom is 0.252 e. The first-order chi connectivity index (χ1) is 9.48. The zero-order valence-corrected chi connectivity index (χ0v) is 14.4. The highest BCUT2D eigenvalue weighted by molar-refractivity contribution is 9.10. The molecule has 21 heavy (non-hydrogen) atoms. The lowest BCUT2D eigenvalue weighted by molar-refractivity contribution is 0.0907. The summed E-state index contributed by atoms with van der Waals surface area (Å²) >= 11 is 3.01. The molecule has 118 valence electrons. The molecule has 3 N–H and O–H groups in total. The molecule has 0 saturated heterocycles. The van der Waals surface area contributed by atoms with E-state index in [0.29, 0.717) is 0 Å². The molecule has 0 aliphatic carbocycles. The van der Waals surface area contributed by atoms with Gasteiger partial charge in [-0.05, 0) is 48.3 Å². The molecule has 1 rings (SSSR count). The Morgan fingerprint density at radius 1 is 1.43 bits per heavy atom. The number of hydrogen-bond donors (Lipinski definition) is 2. The van der Waals surface area contributed by atoms with Gasteiger partial charge in [0.25, 0.3) is 5.91 Å². The van der Waals surface area contributed by atoms with E-state index in [4.69, 9.17) is 5.14 Å². The van der Waals surface area contributed by atoms with Crippen molar-refractivity contribution in [2.75, 3.05) is 0 Å². The van der Waals surface area contributed by atoms with Crippen molar-refractivity contribution in [3.05, 3.63) is 28.0 Å². The predicted molar refractivity (Wildman–Crippen MR) is 81.9 cm³/mol. The fourth-order valence-electron chi connectivity index (χ4n) is 2.00. The smallest absolute Gasteiger partial charge is 0.252 e. The van der Waals surface area contributed by atoms with Crippen molar-refractivity contribution in [2.24, 2.45) is 5.14 Å². The third kappa shape index (κ3) is 4.76. The third-order valence-electron chi connectivity index (χ3n) is 2.88. The van der Waals surface area contributed by atoms with E-state index in [2.05, 4.69) is 21.2 Å². The molecule has 0 aliphatic heterocycles. The Balaban J connectivity index is 3.26. The van der Waals surface area contributed by atoms with Crippen molar-refractivity contribution < 1.29 is 17.6 Å². The Morgan fingerprint density at radius 3 is 2.48 bits per heavy atom. The summed E-state index contributed by atoms with van der Waals surface area (Å²) in [5.74, 6) is -1.41. The number of rotatable bonds is 5. The minimum Gasteiger partial charge on any atom is -0.347 e. The summed E-state index contributed by atoms with van der Waals surface area (Å²) in [6, 6.07) is 1.74. The van der Waals surface area contributed by atoms with E-state index >= 15 is 0 Å². The first-order valence-corrected chi connectivity index (χ1v) is 8.66. The number of carbonyl (C=O) groups is 1. The van der Waals surface area contributed by atoms with Gasteiger partial charge in [0, 0.05) is 5.54 Å². The molecule has 1 aromatic rings. The summed E-state index contributed by atoms with van der Waals surface area (Å²) in [6.07, 6.45) is 1.59. The average molecular weight is 381 g/mol. The molecule has 0 spiro atoms. The fraction of sp³-hybridized carbons (Fsp3) is 0.462. The lowest BCUT2D eigenvalue weighted by atomic mass is 9.98. The van der Waals surface area contributed by atoms with Gasteiger partial charge in [0.2, 0.25) is 10.0 Å². The van der Waals surface area contributed by atoms with Gasteiger partial charge in [-0.1, -0.05) is 13.3 Å². The molecular weight excluding hydrogens is 363 g/mol. The monoisotopic (exact) mass is 380 g/mol. The fourth-order valence-corrected chi connectivity index (χ4v) is 3.72. The molecule has 0 atom stereocenters. The van der Waals surface area contributed by atoms with Crippen molar-refractivity contribution in [1.29, 1.82) is 0 Å². The number of hydrogen-bond acceptors (Lipinski definition) is 3. The van der Waals surface area contributed by atoms with Gasteiger partial charge in [0.15, 0.2) is 0 Å². The van der Waals surface area contributed by atoms with Crippen molar-refractivity contribution in [2.45, 2.75) is 44.0 Å². The molecule has 8 heteroatoms. The normalized spacial score (nSPS) is 12.3. The summed E-state index contributed by atoms with van der Waals surface area (Å²) in [5.41, 5.74) is -0.595. The molecule has 1 amide bonds.